The highest BCUT2D eigenvalue weighted by Crippen LogP contribution is 2.24. The van der Waals surface area contributed by atoms with Gasteiger partial charge in [-0.25, -0.2) is 0 Å². The summed E-state index contributed by atoms with van der Waals surface area (Å²) in [4.78, 5) is 31.6. The summed E-state index contributed by atoms with van der Waals surface area (Å²) in [6, 6.07) is 11.3. The van der Waals surface area contributed by atoms with E-state index in [1.165, 1.54) is 0 Å². The van der Waals surface area contributed by atoms with Crippen molar-refractivity contribution in [2.75, 3.05) is 20.2 Å². The predicted molar refractivity (Wildman–Crippen MR) is 109 cm³/mol. The van der Waals surface area contributed by atoms with Gasteiger partial charge in [0.1, 0.15) is 11.5 Å². The predicted octanol–water partition coefficient (Wildman–Crippen LogP) is 4.22. The molecule has 1 amide bonds. The fourth-order valence-corrected chi connectivity index (χ4v) is 3.65. The van der Waals surface area contributed by atoms with Crippen LogP contribution < -0.4 is 4.74 Å². The van der Waals surface area contributed by atoms with Gasteiger partial charge in [0.05, 0.1) is 18.4 Å². The molecule has 0 bridgehead atoms. The summed E-state index contributed by atoms with van der Waals surface area (Å²) in [5, 5.41) is 0. The molecular weight excluding hydrogens is 352 g/mol. The minimum absolute atomic E-state index is 0.0379. The van der Waals surface area contributed by atoms with Gasteiger partial charge in [0.15, 0.2) is 0 Å². The number of amides is 1. The molecule has 1 aromatic heterocycles. The number of Topliss-reactive ketones (excluding diaryl/α,β-unsaturated/α-hetero) is 1. The lowest BCUT2D eigenvalue weighted by atomic mass is 9.89. The summed E-state index contributed by atoms with van der Waals surface area (Å²) in [5.74, 6) is 1.31. The van der Waals surface area contributed by atoms with Crippen molar-refractivity contribution >= 4 is 11.7 Å². The summed E-state index contributed by atoms with van der Waals surface area (Å²) >= 11 is 0. The molecule has 0 radical (unpaired) electrons. The molecule has 1 atom stereocenters. The standard InChI is InChI=1S/C23H28N2O3/c1-16(2)12-22(26)19-7-5-11-25(15-19)23(27)18-9-10-21(24-14-18)17-6-4-8-20(13-17)28-3/h4,6,8-10,13-14,16,19H,5,7,11-12,15H2,1-3H3/t19-/m1/s1. The highest BCUT2D eigenvalue weighted by Gasteiger charge is 2.29. The molecule has 0 spiro atoms. The first-order chi connectivity index (χ1) is 13.5. The van der Waals surface area contributed by atoms with Gasteiger partial charge in [0, 0.05) is 37.2 Å². The van der Waals surface area contributed by atoms with Crippen LogP contribution in [-0.4, -0.2) is 41.8 Å². The molecule has 1 aliphatic rings. The first-order valence-electron chi connectivity index (χ1n) is 9.90. The highest BCUT2D eigenvalue weighted by atomic mass is 16.5. The molecule has 1 saturated heterocycles. The van der Waals surface area contributed by atoms with E-state index in [-0.39, 0.29) is 17.6 Å². The SMILES string of the molecule is COc1cccc(-c2ccc(C(=O)N3CCC[C@@H](C(=O)CC(C)C)C3)cn2)c1. The molecule has 3 rings (SSSR count). The molecule has 5 nitrogen and oxygen atoms in total. The number of ketones is 1. The Morgan fingerprint density at radius 1 is 1.25 bits per heavy atom. The quantitative estimate of drug-likeness (QED) is 0.753. The second-order valence-corrected chi connectivity index (χ2v) is 7.82. The van der Waals surface area contributed by atoms with Gasteiger partial charge in [-0.2, -0.15) is 0 Å². The molecule has 2 heterocycles. The number of benzene rings is 1. The zero-order chi connectivity index (χ0) is 20.1. The Balaban J connectivity index is 1.69. The van der Waals surface area contributed by atoms with E-state index in [1.54, 1.807) is 18.2 Å². The maximum absolute atomic E-state index is 12.9. The maximum Gasteiger partial charge on any atom is 0.255 e. The van der Waals surface area contributed by atoms with Crippen molar-refractivity contribution in [3.05, 3.63) is 48.2 Å². The van der Waals surface area contributed by atoms with E-state index in [4.69, 9.17) is 4.74 Å². The molecule has 0 unspecified atom stereocenters. The monoisotopic (exact) mass is 380 g/mol. The van der Waals surface area contributed by atoms with Crippen LogP contribution >= 0.6 is 0 Å². The first kappa shape index (κ1) is 20.1. The lowest BCUT2D eigenvalue weighted by Gasteiger charge is -2.32. The number of hydrogen-bond donors (Lipinski definition) is 0. The van der Waals surface area contributed by atoms with Gasteiger partial charge in [0.25, 0.3) is 5.91 Å². The molecule has 2 aromatic rings. The van der Waals surface area contributed by atoms with Gasteiger partial charge in [-0.1, -0.05) is 26.0 Å². The van der Waals surface area contributed by atoms with Crippen LogP contribution in [0.2, 0.25) is 0 Å². The third-order valence-corrected chi connectivity index (χ3v) is 5.15. The molecule has 0 saturated carbocycles. The van der Waals surface area contributed by atoms with E-state index < -0.39 is 0 Å². The Kier molecular flexibility index (Phi) is 6.45. The Bertz CT molecular complexity index is 830. The van der Waals surface area contributed by atoms with E-state index in [2.05, 4.69) is 18.8 Å². The van der Waals surface area contributed by atoms with Gasteiger partial charge in [-0.15, -0.1) is 0 Å². The lowest BCUT2D eigenvalue weighted by Crippen LogP contribution is -2.42. The number of likely N-dealkylation sites (tertiary alicyclic amines) is 1. The van der Waals surface area contributed by atoms with Crippen molar-refractivity contribution in [2.24, 2.45) is 11.8 Å². The van der Waals surface area contributed by atoms with Gasteiger partial charge in [-0.3, -0.25) is 14.6 Å². The number of piperidine rings is 1. The van der Waals surface area contributed by atoms with E-state index in [1.807, 2.05) is 36.4 Å². The summed E-state index contributed by atoms with van der Waals surface area (Å²) in [5.41, 5.74) is 2.29. The third-order valence-electron chi connectivity index (χ3n) is 5.15. The molecule has 28 heavy (non-hydrogen) atoms. The van der Waals surface area contributed by atoms with E-state index >= 15 is 0 Å². The molecule has 0 N–H and O–H groups in total. The number of carbonyl (C=O) groups is 2. The topological polar surface area (TPSA) is 59.5 Å². The number of hydrogen-bond acceptors (Lipinski definition) is 4. The average molecular weight is 380 g/mol. The van der Waals surface area contributed by atoms with Crippen molar-refractivity contribution in [2.45, 2.75) is 33.1 Å². The number of aromatic nitrogens is 1. The largest absolute Gasteiger partial charge is 0.497 e. The van der Waals surface area contributed by atoms with E-state index in [9.17, 15) is 9.59 Å². The number of nitrogens with zero attached hydrogens (tertiary/aromatic N) is 2. The lowest BCUT2D eigenvalue weighted by molar-refractivity contribution is -0.124. The summed E-state index contributed by atoms with van der Waals surface area (Å²) < 4.78 is 5.25. The number of methoxy groups -OCH3 is 1. The number of carbonyl (C=O) groups excluding carboxylic acids is 2. The molecular formula is C23H28N2O3. The van der Waals surface area contributed by atoms with Crippen LogP contribution in [0.3, 0.4) is 0 Å². The van der Waals surface area contributed by atoms with Crippen LogP contribution in [0.25, 0.3) is 11.3 Å². The van der Waals surface area contributed by atoms with Gasteiger partial charge in [-0.05, 0) is 43.0 Å². The van der Waals surface area contributed by atoms with Gasteiger partial charge in [0.2, 0.25) is 0 Å². The second-order valence-electron chi connectivity index (χ2n) is 7.82. The minimum atomic E-state index is -0.0493. The van der Waals surface area contributed by atoms with E-state index in [0.29, 0.717) is 31.0 Å². The van der Waals surface area contributed by atoms with Crippen LogP contribution in [0, 0.1) is 11.8 Å². The van der Waals surface area contributed by atoms with Crippen molar-refractivity contribution < 1.29 is 14.3 Å². The van der Waals surface area contributed by atoms with Gasteiger partial charge >= 0.3 is 0 Å². The van der Waals surface area contributed by atoms with Crippen molar-refractivity contribution in [1.82, 2.24) is 9.88 Å². The maximum atomic E-state index is 12.9. The minimum Gasteiger partial charge on any atom is -0.497 e. The Hall–Kier alpha value is -2.69. The molecule has 148 valence electrons. The Morgan fingerprint density at radius 3 is 2.75 bits per heavy atom. The zero-order valence-electron chi connectivity index (χ0n) is 16.9. The number of pyridine rings is 1. The highest BCUT2D eigenvalue weighted by molar-refractivity contribution is 5.94. The van der Waals surface area contributed by atoms with Crippen molar-refractivity contribution in [1.29, 1.82) is 0 Å². The molecule has 1 fully saturated rings. The van der Waals surface area contributed by atoms with Crippen LogP contribution in [0.1, 0.15) is 43.5 Å². The van der Waals surface area contributed by atoms with Crippen molar-refractivity contribution in [3.8, 4) is 17.0 Å². The summed E-state index contributed by atoms with van der Waals surface area (Å²) in [7, 11) is 1.63. The second kappa shape index (κ2) is 9.00. The Labute approximate surface area is 166 Å². The third kappa shape index (κ3) is 4.77. The summed E-state index contributed by atoms with van der Waals surface area (Å²) in [6.45, 7) is 5.32. The smallest absolute Gasteiger partial charge is 0.255 e. The summed E-state index contributed by atoms with van der Waals surface area (Å²) in [6.07, 6.45) is 3.96. The fourth-order valence-electron chi connectivity index (χ4n) is 3.65. The average Bonchev–Trinajstić information content (AvgIpc) is 2.73. The molecule has 0 aliphatic carbocycles. The van der Waals surface area contributed by atoms with Crippen molar-refractivity contribution in [3.63, 3.8) is 0 Å². The van der Waals surface area contributed by atoms with Crippen LogP contribution in [-0.2, 0) is 4.79 Å². The first-order valence-corrected chi connectivity index (χ1v) is 9.90. The Morgan fingerprint density at radius 2 is 2.07 bits per heavy atom. The van der Waals surface area contributed by atoms with Crippen LogP contribution in [0.5, 0.6) is 5.75 Å². The fraction of sp³-hybridized carbons (Fsp3) is 0.435. The molecule has 1 aliphatic heterocycles. The van der Waals surface area contributed by atoms with Gasteiger partial charge < -0.3 is 9.64 Å². The van der Waals surface area contributed by atoms with Crippen LogP contribution in [0.15, 0.2) is 42.6 Å². The normalized spacial score (nSPS) is 16.9. The molecule has 5 heteroatoms. The number of ether oxygens (including phenoxy) is 1. The zero-order valence-corrected chi connectivity index (χ0v) is 16.9. The van der Waals surface area contributed by atoms with E-state index in [0.717, 1.165) is 29.8 Å². The number of rotatable bonds is 6. The molecule has 1 aromatic carbocycles. The van der Waals surface area contributed by atoms with Crippen LogP contribution in [0.4, 0.5) is 0 Å².